The van der Waals surface area contributed by atoms with Crippen LogP contribution in [0.15, 0.2) is 41.1 Å². The van der Waals surface area contributed by atoms with Crippen molar-refractivity contribution in [1.82, 2.24) is 0 Å². The molecular formula is C16H23N3. The van der Waals surface area contributed by atoms with Crippen molar-refractivity contribution in [2.45, 2.75) is 33.1 Å². The smallest absolute Gasteiger partial charge is 0.0649 e. The SMILES string of the molecule is C/C=C(/C)N(/N=C/CC1CC1)c1ccc(NC)cc1. The molecule has 102 valence electrons. The van der Waals surface area contributed by atoms with E-state index in [9.17, 15) is 0 Å². The average molecular weight is 257 g/mol. The summed E-state index contributed by atoms with van der Waals surface area (Å²) < 4.78 is 0. The lowest BCUT2D eigenvalue weighted by Crippen LogP contribution is -2.13. The summed E-state index contributed by atoms with van der Waals surface area (Å²) in [5.41, 5.74) is 3.36. The first kappa shape index (κ1) is 13.7. The summed E-state index contributed by atoms with van der Waals surface area (Å²) in [5.74, 6) is 0.878. The predicted octanol–water partition coefficient (Wildman–Crippen LogP) is 4.24. The Labute approximate surface area is 116 Å². The summed E-state index contributed by atoms with van der Waals surface area (Å²) in [4.78, 5) is 0. The van der Waals surface area contributed by atoms with Gasteiger partial charge in [0.25, 0.3) is 0 Å². The highest BCUT2D eigenvalue weighted by molar-refractivity contribution is 5.64. The summed E-state index contributed by atoms with van der Waals surface area (Å²) in [6.07, 6.45) is 7.97. The van der Waals surface area contributed by atoms with E-state index in [4.69, 9.17) is 0 Å². The number of allylic oxidation sites excluding steroid dienone is 2. The Morgan fingerprint density at radius 3 is 2.58 bits per heavy atom. The van der Waals surface area contributed by atoms with Gasteiger partial charge in [-0.3, -0.25) is 0 Å². The zero-order chi connectivity index (χ0) is 13.7. The molecule has 3 heteroatoms. The van der Waals surface area contributed by atoms with E-state index in [2.05, 4.69) is 53.9 Å². The minimum atomic E-state index is 0.878. The first-order valence-corrected chi connectivity index (χ1v) is 6.98. The highest BCUT2D eigenvalue weighted by atomic mass is 15.5. The second-order valence-electron chi connectivity index (χ2n) is 5.02. The molecule has 0 heterocycles. The predicted molar refractivity (Wildman–Crippen MR) is 83.7 cm³/mol. The van der Waals surface area contributed by atoms with E-state index < -0.39 is 0 Å². The zero-order valence-corrected chi connectivity index (χ0v) is 12.1. The fourth-order valence-corrected chi connectivity index (χ4v) is 1.88. The number of hydrogen-bond donors (Lipinski definition) is 1. The van der Waals surface area contributed by atoms with Crippen LogP contribution in [0.3, 0.4) is 0 Å². The number of nitrogens with zero attached hydrogens (tertiary/aromatic N) is 2. The number of hydrazone groups is 1. The lowest BCUT2D eigenvalue weighted by molar-refractivity contribution is 0.893. The molecule has 0 saturated heterocycles. The third kappa shape index (κ3) is 3.85. The maximum Gasteiger partial charge on any atom is 0.0649 e. The molecule has 0 radical (unpaired) electrons. The highest BCUT2D eigenvalue weighted by Gasteiger charge is 2.19. The van der Waals surface area contributed by atoms with Crippen molar-refractivity contribution >= 4 is 17.6 Å². The van der Waals surface area contributed by atoms with Crippen LogP contribution in [-0.4, -0.2) is 13.3 Å². The van der Waals surface area contributed by atoms with Crippen LogP contribution in [0, 0.1) is 5.92 Å². The maximum absolute atomic E-state index is 4.62. The van der Waals surface area contributed by atoms with Gasteiger partial charge >= 0.3 is 0 Å². The summed E-state index contributed by atoms with van der Waals surface area (Å²) in [5, 5.41) is 9.75. The third-order valence-electron chi connectivity index (χ3n) is 3.49. The highest BCUT2D eigenvalue weighted by Crippen LogP contribution is 2.31. The topological polar surface area (TPSA) is 27.6 Å². The van der Waals surface area contributed by atoms with Crippen molar-refractivity contribution in [2.24, 2.45) is 11.0 Å². The average Bonchev–Trinajstić information content (AvgIpc) is 3.27. The van der Waals surface area contributed by atoms with E-state index in [1.54, 1.807) is 0 Å². The number of rotatable bonds is 6. The molecule has 3 nitrogen and oxygen atoms in total. The van der Waals surface area contributed by atoms with Crippen LogP contribution in [0.25, 0.3) is 0 Å². The first-order valence-electron chi connectivity index (χ1n) is 6.98. The van der Waals surface area contributed by atoms with Crippen molar-refractivity contribution < 1.29 is 0 Å². The Hall–Kier alpha value is -1.77. The Balaban J connectivity index is 2.12. The molecule has 0 bridgehead atoms. The summed E-state index contributed by atoms with van der Waals surface area (Å²) in [6, 6.07) is 8.32. The van der Waals surface area contributed by atoms with Gasteiger partial charge in [0, 0.05) is 24.6 Å². The number of anilines is 2. The van der Waals surface area contributed by atoms with E-state index >= 15 is 0 Å². The Kier molecular flexibility index (Phi) is 4.61. The van der Waals surface area contributed by atoms with Crippen LogP contribution >= 0.6 is 0 Å². The largest absolute Gasteiger partial charge is 0.388 e. The van der Waals surface area contributed by atoms with Gasteiger partial charge in [-0.2, -0.15) is 5.10 Å². The second kappa shape index (κ2) is 6.41. The van der Waals surface area contributed by atoms with Gasteiger partial charge in [0.2, 0.25) is 0 Å². The van der Waals surface area contributed by atoms with Crippen LogP contribution in [0.1, 0.15) is 33.1 Å². The van der Waals surface area contributed by atoms with E-state index in [0.29, 0.717) is 0 Å². The molecule has 1 fully saturated rings. The lowest BCUT2D eigenvalue weighted by Gasteiger charge is -2.20. The zero-order valence-electron chi connectivity index (χ0n) is 12.1. The van der Waals surface area contributed by atoms with E-state index in [-0.39, 0.29) is 0 Å². The first-order chi connectivity index (χ1) is 9.24. The molecular weight excluding hydrogens is 234 g/mol. The Bertz CT molecular complexity index is 455. The molecule has 1 aromatic carbocycles. The van der Waals surface area contributed by atoms with E-state index in [0.717, 1.165) is 29.4 Å². The molecule has 0 unspecified atom stereocenters. The number of hydrogen-bond acceptors (Lipinski definition) is 3. The molecule has 0 amide bonds. The summed E-state index contributed by atoms with van der Waals surface area (Å²) in [7, 11) is 1.93. The number of benzene rings is 1. The van der Waals surface area contributed by atoms with E-state index in [1.807, 2.05) is 19.0 Å². The minimum Gasteiger partial charge on any atom is -0.388 e. The maximum atomic E-state index is 4.62. The lowest BCUT2D eigenvalue weighted by atomic mass is 10.2. The van der Waals surface area contributed by atoms with Gasteiger partial charge < -0.3 is 5.32 Å². The minimum absolute atomic E-state index is 0.878. The van der Waals surface area contributed by atoms with Crippen molar-refractivity contribution in [3.8, 4) is 0 Å². The normalized spacial score (nSPS) is 15.8. The molecule has 1 aliphatic rings. The standard InChI is InChI=1S/C16H23N3/c1-4-13(2)19(18-12-11-14-5-6-14)16-9-7-15(17-3)8-10-16/h4,7-10,12,14,17H,5-6,11H2,1-3H3/b13-4-,18-12+. The summed E-state index contributed by atoms with van der Waals surface area (Å²) in [6.45, 7) is 4.13. The van der Waals surface area contributed by atoms with Crippen molar-refractivity contribution in [1.29, 1.82) is 0 Å². The van der Waals surface area contributed by atoms with Crippen LogP contribution in [0.5, 0.6) is 0 Å². The third-order valence-corrected chi connectivity index (χ3v) is 3.49. The van der Waals surface area contributed by atoms with Gasteiger partial charge in [-0.1, -0.05) is 6.08 Å². The molecule has 1 aromatic rings. The fraction of sp³-hybridized carbons (Fsp3) is 0.438. The second-order valence-corrected chi connectivity index (χ2v) is 5.02. The molecule has 19 heavy (non-hydrogen) atoms. The van der Waals surface area contributed by atoms with Gasteiger partial charge in [0.15, 0.2) is 0 Å². The van der Waals surface area contributed by atoms with Crippen LogP contribution in [0.4, 0.5) is 11.4 Å². The van der Waals surface area contributed by atoms with Crippen molar-refractivity contribution in [3.63, 3.8) is 0 Å². The van der Waals surface area contributed by atoms with Crippen LogP contribution in [-0.2, 0) is 0 Å². The molecule has 0 atom stereocenters. The quantitative estimate of drug-likeness (QED) is 0.609. The van der Waals surface area contributed by atoms with Gasteiger partial charge in [-0.05, 0) is 63.3 Å². The van der Waals surface area contributed by atoms with Gasteiger partial charge in [0.1, 0.15) is 0 Å². The monoisotopic (exact) mass is 257 g/mol. The summed E-state index contributed by atoms with van der Waals surface area (Å²) >= 11 is 0. The molecule has 0 aromatic heterocycles. The van der Waals surface area contributed by atoms with Gasteiger partial charge in [0.05, 0.1) is 5.69 Å². The Morgan fingerprint density at radius 2 is 2.05 bits per heavy atom. The van der Waals surface area contributed by atoms with Crippen molar-refractivity contribution in [3.05, 3.63) is 36.0 Å². The van der Waals surface area contributed by atoms with Crippen molar-refractivity contribution in [2.75, 3.05) is 17.4 Å². The molecule has 2 rings (SSSR count). The fourth-order valence-electron chi connectivity index (χ4n) is 1.88. The number of nitrogens with one attached hydrogen (secondary N) is 1. The Morgan fingerprint density at radius 1 is 1.37 bits per heavy atom. The molecule has 1 N–H and O–H groups in total. The molecule has 1 saturated carbocycles. The van der Waals surface area contributed by atoms with Gasteiger partial charge in [-0.15, -0.1) is 0 Å². The van der Waals surface area contributed by atoms with Crippen LogP contribution in [0.2, 0.25) is 0 Å². The van der Waals surface area contributed by atoms with Crippen LogP contribution < -0.4 is 10.3 Å². The molecule has 0 spiro atoms. The van der Waals surface area contributed by atoms with Gasteiger partial charge in [-0.25, -0.2) is 5.01 Å². The van der Waals surface area contributed by atoms with E-state index in [1.165, 1.54) is 12.8 Å². The molecule has 1 aliphatic carbocycles. The molecule has 0 aliphatic heterocycles.